The molecule has 0 spiro atoms. The minimum Gasteiger partial charge on any atom is -0.508 e. The zero-order chi connectivity index (χ0) is 16.2. The van der Waals surface area contributed by atoms with E-state index in [1.807, 2.05) is 0 Å². The van der Waals surface area contributed by atoms with E-state index in [1.54, 1.807) is 18.2 Å². The molecule has 1 aliphatic rings. The number of amides is 1. The number of esters is 1. The van der Waals surface area contributed by atoms with E-state index in [1.165, 1.54) is 24.3 Å². The molecule has 1 aliphatic heterocycles. The quantitative estimate of drug-likeness (QED) is 0.837. The lowest BCUT2D eigenvalue weighted by atomic mass is 10.2. The van der Waals surface area contributed by atoms with Gasteiger partial charge in [0.2, 0.25) is 6.79 Å². The van der Waals surface area contributed by atoms with Crippen LogP contribution in [0.15, 0.2) is 42.5 Å². The summed E-state index contributed by atoms with van der Waals surface area (Å²) in [4.78, 5) is 23.6. The number of carbonyl (C=O) groups is 2. The Labute approximate surface area is 131 Å². The van der Waals surface area contributed by atoms with Gasteiger partial charge in [-0.1, -0.05) is 6.07 Å². The van der Waals surface area contributed by atoms with Gasteiger partial charge in [-0.05, 0) is 30.3 Å². The van der Waals surface area contributed by atoms with Gasteiger partial charge in [-0.2, -0.15) is 0 Å². The van der Waals surface area contributed by atoms with Gasteiger partial charge in [0.15, 0.2) is 18.1 Å². The molecule has 0 radical (unpaired) electrons. The Kier molecular flexibility index (Phi) is 4.01. The molecule has 2 aromatic rings. The standard InChI is InChI=1S/C16H13NO6/c18-12-3-1-2-10(6-12)16(20)21-8-15(19)17-11-4-5-13-14(7-11)23-9-22-13/h1-7,18H,8-9H2,(H,17,19). The molecule has 2 aromatic carbocycles. The van der Waals surface area contributed by atoms with Crippen molar-refractivity contribution >= 4 is 17.6 Å². The smallest absolute Gasteiger partial charge is 0.338 e. The minimum absolute atomic E-state index is 0.0516. The molecule has 0 saturated heterocycles. The number of phenols is 1. The van der Waals surface area contributed by atoms with E-state index in [-0.39, 0.29) is 18.1 Å². The molecule has 0 unspecified atom stereocenters. The van der Waals surface area contributed by atoms with E-state index in [2.05, 4.69) is 5.32 Å². The Balaban J connectivity index is 1.54. The van der Waals surface area contributed by atoms with Gasteiger partial charge in [-0.3, -0.25) is 4.79 Å². The monoisotopic (exact) mass is 315 g/mol. The largest absolute Gasteiger partial charge is 0.508 e. The van der Waals surface area contributed by atoms with Gasteiger partial charge in [0, 0.05) is 11.8 Å². The number of carbonyl (C=O) groups excluding carboxylic acids is 2. The number of hydrogen-bond acceptors (Lipinski definition) is 6. The molecular weight excluding hydrogens is 302 g/mol. The predicted octanol–water partition coefficient (Wildman–Crippen LogP) is 1.92. The van der Waals surface area contributed by atoms with Crippen molar-refractivity contribution in [2.75, 3.05) is 18.7 Å². The van der Waals surface area contributed by atoms with Crippen LogP contribution < -0.4 is 14.8 Å². The number of anilines is 1. The highest BCUT2D eigenvalue weighted by Crippen LogP contribution is 2.34. The van der Waals surface area contributed by atoms with E-state index in [0.717, 1.165) is 0 Å². The second-order valence-corrected chi connectivity index (χ2v) is 4.74. The lowest BCUT2D eigenvalue weighted by Gasteiger charge is -2.07. The molecule has 3 rings (SSSR count). The van der Waals surface area contributed by atoms with Crippen molar-refractivity contribution in [3.8, 4) is 17.2 Å². The molecule has 7 heteroatoms. The molecular formula is C16H13NO6. The molecule has 2 N–H and O–H groups in total. The molecule has 7 nitrogen and oxygen atoms in total. The van der Waals surface area contributed by atoms with Crippen LogP contribution in [0.5, 0.6) is 17.2 Å². The molecule has 23 heavy (non-hydrogen) atoms. The van der Waals surface area contributed by atoms with Crippen molar-refractivity contribution < 1.29 is 28.9 Å². The molecule has 0 saturated carbocycles. The molecule has 0 aromatic heterocycles. The van der Waals surface area contributed by atoms with Crippen LogP contribution in [-0.4, -0.2) is 30.4 Å². The van der Waals surface area contributed by atoms with Crippen molar-refractivity contribution in [1.82, 2.24) is 0 Å². The van der Waals surface area contributed by atoms with E-state index >= 15 is 0 Å². The van der Waals surface area contributed by atoms with Crippen molar-refractivity contribution in [3.05, 3.63) is 48.0 Å². The van der Waals surface area contributed by atoms with Gasteiger partial charge >= 0.3 is 5.97 Å². The molecule has 118 valence electrons. The Hall–Kier alpha value is -3.22. The average molecular weight is 315 g/mol. The fourth-order valence-corrected chi connectivity index (χ4v) is 2.02. The summed E-state index contributed by atoms with van der Waals surface area (Å²) in [5, 5.41) is 11.9. The minimum atomic E-state index is -0.693. The highest BCUT2D eigenvalue weighted by molar-refractivity contribution is 5.95. The molecule has 1 heterocycles. The number of ether oxygens (including phenoxy) is 3. The zero-order valence-corrected chi connectivity index (χ0v) is 11.9. The Bertz CT molecular complexity index is 758. The average Bonchev–Trinajstić information content (AvgIpc) is 3.00. The van der Waals surface area contributed by atoms with Gasteiger partial charge in [-0.15, -0.1) is 0 Å². The summed E-state index contributed by atoms with van der Waals surface area (Å²) in [6, 6.07) is 10.6. The molecule has 1 amide bonds. The van der Waals surface area contributed by atoms with Crippen LogP contribution in [0.4, 0.5) is 5.69 Å². The summed E-state index contributed by atoms with van der Waals surface area (Å²) >= 11 is 0. The molecule has 0 fully saturated rings. The van der Waals surface area contributed by atoms with Crippen molar-refractivity contribution in [2.45, 2.75) is 0 Å². The lowest BCUT2D eigenvalue weighted by Crippen LogP contribution is -2.20. The third kappa shape index (κ3) is 3.52. The first-order valence-corrected chi connectivity index (χ1v) is 6.77. The number of nitrogens with one attached hydrogen (secondary N) is 1. The summed E-state index contributed by atoms with van der Waals surface area (Å²) in [7, 11) is 0. The van der Waals surface area contributed by atoms with Crippen LogP contribution >= 0.6 is 0 Å². The summed E-state index contributed by atoms with van der Waals surface area (Å²) in [6.07, 6.45) is 0. The number of benzene rings is 2. The van der Waals surface area contributed by atoms with Crippen LogP contribution in [0, 0.1) is 0 Å². The van der Waals surface area contributed by atoms with Crippen LogP contribution in [0.3, 0.4) is 0 Å². The highest BCUT2D eigenvalue weighted by Gasteiger charge is 2.15. The van der Waals surface area contributed by atoms with Crippen LogP contribution in [0.2, 0.25) is 0 Å². The summed E-state index contributed by atoms with van der Waals surface area (Å²) < 4.78 is 15.3. The summed E-state index contributed by atoms with van der Waals surface area (Å²) in [6.45, 7) is -0.294. The van der Waals surface area contributed by atoms with Gasteiger partial charge in [0.25, 0.3) is 5.91 Å². The first-order valence-electron chi connectivity index (χ1n) is 6.77. The zero-order valence-electron chi connectivity index (χ0n) is 11.9. The Morgan fingerprint density at radius 1 is 1.13 bits per heavy atom. The molecule has 0 atom stereocenters. The normalized spacial score (nSPS) is 11.8. The molecule has 0 aliphatic carbocycles. The maximum Gasteiger partial charge on any atom is 0.338 e. The van der Waals surface area contributed by atoms with E-state index in [9.17, 15) is 14.7 Å². The topological polar surface area (TPSA) is 94.1 Å². The SMILES string of the molecule is O=C(COC(=O)c1cccc(O)c1)Nc1ccc2c(c1)OCO2. The lowest BCUT2D eigenvalue weighted by molar-refractivity contribution is -0.119. The van der Waals surface area contributed by atoms with E-state index in [0.29, 0.717) is 17.2 Å². The van der Waals surface area contributed by atoms with Gasteiger partial charge < -0.3 is 24.6 Å². The maximum absolute atomic E-state index is 11.8. The number of aromatic hydroxyl groups is 1. The van der Waals surface area contributed by atoms with E-state index < -0.39 is 18.5 Å². The van der Waals surface area contributed by atoms with Crippen LogP contribution in [0.25, 0.3) is 0 Å². The van der Waals surface area contributed by atoms with Gasteiger partial charge in [0.05, 0.1) is 5.56 Å². The summed E-state index contributed by atoms with van der Waals surface area (Å²) in [5.41, 5.74) is 0.675. The Morgan fingerprint density at radius 2 is 1.96 bits per heavy atom. The second kappa shape index (κ2) is 6.27. The molecule has 0 bridgehead atoms. The first kappa shape index (κ1) is 14.7. The van der Waals surface area contributed by atoms with Gasteiger partial charge in [-0.25, -0.2) is 4.79 Å². The maximum atomic E-state index is 11.8. The third-order valence-corrected chi connectivity index (χ3v) is 3.07. The Morgan fingerprint density at radius 3 is 2.78 bits per heavy atom. The van der Waals surface area contributed by atoms with Crippen molar-refractivity contribution in [3.63, 3.8) is 0 Å². The number of rotatable bonds is 4. The second-order valence-electron chi connectivity index (χ2n) is 4.74. The third-order valence-electron chi connectivity index (χ3n) is 3.07. The number of fused-ring (bicyclic) bond motifs is 1. The number of hydrogen-bond donors (Lipinski definition) is 2. The van der Waals surface area contributed by atoms with Gasteiger partial charge in [0.1, 0.15) is 5.75 Å². The summed E-state index contributed by atoms with van der Waals surface area (Å²) in [5.74, 6) is -0.0822. The first-order chi connectivity index (χ1) is 11.1. The number of phenolic OH excluding ortho intramolecular Hbond substituents is 1. The van der Waals surface area contributed by atoms with Crippen LogP contribution in [0.1, 0.15) is 10.4 Å². The highest BCUT2D eigenvalue weighted by atomic mass is 16.7. The van der Waals surface area contributed by atoms with Crippen molar-refractivity contribution in [1.29, 1.82) is 0 Å². The predicted molar refractivity (Wildman–Crippen MR) is 79.6 cm³/mol. The van der Waals surface area contributed by atoms with E-state index in [4.69, 9.17) is 14.2 Å². The fourth-order valence-electron chi connectivity index (χ4n) is 2.02. The van der Waals surface area contributed by atoms with Crippen LogP contribution in [-0.2, 0) is 9.53 Å². The van der Waals surface area contributed by atoms with Crippen molar-refractivity contribution in [2.24, 2.45) is 0 Å². The fraction of sp³-hybridized carbons (Fsp3) is 0.125.